The number of rotatable bonds is 8. The Labute approximate surface area is 87.1 Å². The molecule has 0 aliphatic rings. The molecule has 0 radical (unpaired) electrons. The first-order chi connectivity index (χ1) is 6.63. The van der Waals surface area contributed by atoms with E-state index in [2.05, 4.69) is 6.92 Å². The summed E-state index contributed by atoms with van der Waals surface area (Å²) in [6.07, 6.45) is 4.79. The third kappa shape index (κ3) is 5.22. The topological polar surface area (TPSA) is 40.5 Å². The Bertz CT molecular complexity index is 159. The molecule has 84 valence electrons. The highest BCUT2D eigenvalue weighted by Crippen LogP contribution is 2.04. The van der Waals surface area contributed by atoms with Crippen LogP contribution in [-0.2, 0) is 4.79 Å². The SMILES string of the molecule is CCCCCCN(CC)C(C)C(=O)O. The van der Waals surface area contributed by atoms with E-state index in [1.807, 2.05) is 11.8 Å². The van der Waals surface area contributed by atoms with Crippen LogP contribution in [0.15, 0.2) is 0 Å². The number of carboxylic acid groups (broad SMARTS) is 1. The summed E-state index contributed by atoms with van der Waals surface area (Å²) in [6.45, 7) is 7.67. The zero-order valence-corrected chi connectivity index (χ0v) is 9.62. The normalized spacial score (nSPS) is 13.1. The van der Waals surface area contributed by atoms with Crippen LogP contribution in [-0.4, -0.2) is 35.1 Å². The van der Waals surface area contributed by atoms with Crippen molar-refractivity contribution in [3.63, 3.8) is 0 Å². The lowest BCUT2D eigenvalue weighted by Crippen LogP contribution is -2.39. The second-order valence-corrected chi connectivity index (χ2v) is 3.70. The minimum atomic E-state index is -0.720. The number of carboxylic acids is 1. The van der Waals surface area contributed by atoms with Crippen molar-refractivity contribution in [1.29, 1.82) is 0 Å². The zero-order chi connectivity index (χ0) is 11.0. The average Bonchev–Trinajstić information content (AvgIpc) is 2.17. The molecule has 0 aromatic rings. The second kappa shape index (κ2) is 7.80. The monoisotopic (exact) mass is 201 g/mol. The Hall–Kier alpha value is -0.570. The highest BCUT2D eigenvalue weighted by molar-refractivity contribution is 5.72. The van der Waals surface area contributed by atoms with E-state index in [9.17, 15) is 4.79 Å². The number of nitrogens with zero attached hydrogens (tertiary/aromatic N) is 1. The lowest BCUT2D eigenvalue weighted by atomic mass is 10.2. The Morgan fingerprint density at radius 1 is 1.29 bits per heavy atom. The maximum Gasteiger partial charge on any atom is 0.320 e. The Morgan fingerprint density at radius 3 is 2.36 bits per heavy atom. The third-order valence-electron chi connectivity index (χ3n) is 2.61. The molecule has 0 bridgehead atoms. The predicted octanol–water partition coefficient (Wildman–Crippen LogP) is 2.36. The fourth-order valence-electron chi connectivity index (χ4n) is 1.52. The van der Waals surface area contributed by atoms with Gasteiger partial charge in [-0.1, -0.05) is 33.1 Å². The molecule has 1 unspecified atom stereocenters. The molecule has 0 aromatic carbocycles. The molecule has 0 aliphatic heterocycles. The van der Waals surface area contributed by atoms with Crippen LogP contribution in [0.4, 0.5) is 0 Å². The standard InChI is InChI=1S/C11H23NO2/c1-4-6-7-8-9-12(5-2)10(3)11(13)14/h10H,4-9H2,1-3H3,(H,13,14). The van der Waals surface area contributed by atoms with Crippen molar-refractivity contribution in [1.82, 2.24) is 4.90 Å². The van der Waals surface area contributed by atoms with E-state index < -0.39 is 5.97 Å². The molecule has 3 heteroatoms. The van der Waals surface area contributed by atoms with Gasteiger partial charge in [0.15, 0.2) is 0 Å². The van der Waals surface area contributed by atoms with Gasteiger partial charge in [-0.3, -0.25) is 9.69 Å². The smallest absolute Gasteiger partial charge is 0.320 e. The van der Waals surface area contributed by atoms with Gasteiger partial charge < -0.3 is 5.11 Å². The number of hydrogen-bond donors (Lipinski definition) is 1. The van der Waals surface area contributed by atoms with Crippen LogP contribution in [0.25, 0.3) is 0 Å². The van der Waals surface area contributed by atoms with Gasteiger partial charge in [-0.2, -0.15) is 0 Å². The average molecular weight is 201 g/mol. The fraction of sp³-hybridized carbons (Fsp3) is 0.909. The van der Waals surface area contributed by atoms with Crippen LogP contribution >= 0.6 is 0 Å². The van der Waals surface area contributed by atoms with Crippen molar-refractivity contribution >= 4 is 5.97 Å². The number of aliphatic carboxylic acids is 1. The quantitative estimate of drug-likeness (QED) is 0.613. The molecule has 0 spiro atoms. The van der Waals surface area contributed by atoms with Crippen LogP contribution in [0.2, 0.25) is 0 Å². The Morgan fingerprint density at radius 2 is 1.93 bits per heavy atom. The minimum Gasteiger partial charge on any atom is -0.480 e. The lowest BCUT2D eigenvalue weighted by Gasteiger charge is -2.24. The predicted molar refractivity (Wildman–Crippen MR) is 58.5 cm³/mol. The van der Waals surface area contributed by atoms with Crippen molar-refractivity contribution in [2.45, 2.75) is 52.5 Å². The molecule has 0 amide bonds. The molecule has 0 heterocycles. The van der Waals surface area contributed by atoms with Gasteiger partial charge in [0.2, 0.25) is 0 Å². The summed E-state index contributed by atoms with van der Waals surface area (Å²) < 4.78 is 0. The number of likely N-dealkylation sites (N-methyl/N-ethyl adjacent to an activating group) is 1. The van der Waals surface area contributed by atoms with Gasteiger partial charge in [-0.05, 0) is 26.4 Å². The summed E-state index contributed by atoms with van der Waals surface area (Å²) in [4.78, 5) is 12.8. The van der Waals surface area contributed by atoms with Gasteiger partial charge in [-0.15, -0.1) is 0 Å². The molecule has 0 rings (SSSR count). The fourth-order valence-corrected chi connectivity index (χ4v) is 1.52. The van der Waals surface area contributed by atoms with E-state index in [4.69, 9.17) is 5.11 Å². The van der Waals surface area contributed by atoms with Crippen LogP contribution in [0.3, 0.4) is 0 Å². The van der Waals surface area contributed by atoms with Crippen LogP contribution in [0, 0.1) is 0 Å². The van der Waals surface area contributed by atoms with Gasteiger partial charge in [0, 0.05) is 0 Å². The van der Waals surface area contributed by atoms with Gasteiger partial charge in [-0.25, -0.2) is 0 Å². The van der Waals surface area contributed by atoms with Crippen molar-refractivity contribution < 1.29 is 9.90 Å². The molecular weight excluding hydrogens is 178 g/mol. The maximum absolute atomic E-state index is 10.7. The van der Waals surface area contributed by atoms with Crippen LogP contribution in [0.1, 0.15) is 46.5 Å². The lowest BCUT2D eigenvalue weighted by molar-refractivity contribution is -0.142. The van der Waals surface area contributed by atoms with Crippen molar-refractivity contribution in [2.75, 3.05) is 13.1 Å². The van der Waals surface area contributed by atoms with E-state index in [1.54, 1.807) is 6.92 Å². The van der Waals surface area contributed by atoms with E-state index in [-0.39, 0.29) is 6.04 Å². The summed E-state index contributed by atoms with van der Waals surface area (Å²) >= 11 is 0. The summed E-state index contributed by atoms with van der Waals surface area (Å²) in [5.41, 5.74) is 0. The zero-order valence-electron chi connectivity index (χ0n) is 9.62. The Balaban J connectivity index is 3.73. The summed E-state index contributed by atoms with van der Waals surface area (Å²) in [7, 11) is 0. The molecule has 0 saturated heterocycles. The van der Waals surface area contributed by atoms with E-state index in [0.717, 1.165) is 19.5 Å². The first-order valence-electron chi connectivity index (χ1n) is 5.60. The first-order valence-corrected chi connectivity index (χ1v) is 5.60. The summed E-state index contributed by atoms with van der Waals surface area (Å²) in [6, 6.07) is -0.346. The van der Waals surface area contributed by atoms with Crippen molar-refractivity contribution in [3.8, 4) is 0 Å². The first kappa shape index (κ1) is 13.4. The second-order valence-electron chi connectivity index (χ2n) is 3.70. The van der Waals surface area contributed by atoms with Crippen LogP contribution in [0.5, 0.6) is 0 Å². The van der Waals surface area contributed by atoms with E-state index >= 15 is 0 Å². The number of carbonyl (C=O) groups is 1. The van der Waals surface area contributed by atoms with Gasteiger partial charge in [0.1, 0.15) is 6.04 Å². The largest absolute Gasteiger partial charge is 0.480 e. The molecule has 3 nitrogen and oxygen atoms in total. The molecule has 0 saturated carbocycles. The van der Waals surface area contributed by atoms with Crippen molar-refractivity contribution in [2.24, 2.45) is 0 Å². The molecule has 1 N–H and O–H groups in total. The van der Waals surface area contributed by atoms with Gasteiger partial charge in [0.25, 0.3) is 0 Å². The minimum absolute atomic E-state index is 0.346. The van der Waals surface area contributed by atoms with Gasteiger partial charge in [0.05, 0.1) is 0 Å². The number of hydrogen-bond acceptors (Lipinski definition) is 2. The number of unbranched alkanes of at least 4 members (excludes halogenated alkanes) is 3. The van der Waals surface area contributed by atoms with E-state index in [1.165, 1.54) is 19.3 Å². The summed E-state index contributed by atoms with van der Waals surface area (Å²) in [5.74, 6) is -0.720. The molecule has 1 atom stereocenters. The third-order valence-corrected chi connectivity index (χ3v) is 2.61. The van der Waals surface area contributed by atoms with Gasteiger partial charge >= 0.3 is 5.97 Å². The van der Waals surface area contributed by atoms with Crippen molar-refractivity contribution in [3.05, 3.63) is 0 Å². The van der Waals surface area contributed by atoms with E-state index in [0.29, 0.717) is 0 Å². The molecule has 14 heavy (non-hydrogen) atoms. The summed E-state index contributed by atoms with van der Waals surface area (Å²) in [5, 5.41) is 8.84. The molecule has 0 aromatic heterocycles. The highest BCUT2D eigenvalue weighted by atomic mass is 16.4. The molecular formula is C11H23NO2. The maximum atomic E-state index is 10.7. The molecule has 0 aliphatic carbocycles. The molecule has 0 fully saturated rings. The highest BCUT2D eigenvalue weighted by Gasteiger charge is 2.17. The van der Waals surface area contributed by atoms with Crippen LogP contribution < -0.4 is 0 Å². The Kier molecular flexibility index (Phi) is 7.48.